The first-order valence-corrected chi connectivity index (χ1v) is 9.81. The van der Waals surface area contributed by atoms with Crippen molar-refractivity contribution in [2.75, 3.05) is 30.7 Å². The Balaban J connectivity index is 1.45. The van der Waals surface area contributed by atoms with E-state index in [-0.39, 0.29) is 17.9 Å². The first-order valence-electron chi connectivity index (χ1n) is 8.83. The Morgan fingerprint density at radius 3 is 2.92 bits per heavy atom. The molecule has 26 heavy (non-hydrogen) atoms. The molecule has 2 amide bonds. The third-order valence-corrected chi connectivity index (χ3v) is 5.86. The average Bonchev–Trinajstić information content (AvgIpc) is 3.35. The molecule has 7 heteroatoms. The smallest absolute Gasteiger partial charge is 0.251 e. The molecule has 0 aliphatic carbocycles. The predicted molar refractivity (Wildman–Crippen MR) is 100 cm³/mol. The molecule has 1 atom stereocenters. The van der Waals surface area contributed by atoms with Gasteiger partial charge in [-0.05, 0) is 56.3 Å². The van der Waals surface area contributed by atoms with Crippen LogP contribution in [0.2, 0.25) is 0 Å². The van der Waals surface area contributed by atoms with Gasteiger partial charge in [0, 0.05) is 17.0 Å². The normalized spacial score (nSPS) is 18.2. The van der Waals surface area contributed by atoms with Crippen molar-refractivity contribution >= 4 is 29.3 Å². The van der Waals surface area contributed by atoms with Gasteiger partial charge in [-0.1, -0.05) is 0 Å². The second-order valence-corrected chi connectivity index (χ2v) is 7.55. The molecular weight excluding hydrogens is 350 g/mol. The highest BCUT2D eigenvalue weighted by atomic mass is 32.2. The summed E-state index contributed by atoms with van der Waals surface area (Å²) < 4.78 is 5.59. The summed E-state index contributed by atoms with van der Waals surface area (Å²) in [6, 6.07) is 9.32. The van der Waals surface area contributed by atoms with Crippen molar-refractivity contribution < 1.29 is 14.0 Å². The van der Waals surface area contributed by atoms with Crippen molar-refractivity contribution in [2.45, 2.75) is 23.8 Å². The summed E-state index contributed by atoms with van der Waals surface area (Å²) in [4.78, 5) is 27.5. The van der Waals surface area contributed by atoms with E-state index in [2.05, 4.69) is 15.5 Å². The van der Waals surface area contributed by atoms with E-state index in [1.807, 2.05) is 18.2 Å². The zero-order valence-electron chi connectivity index (χ0n) is 14.4. The molecule has 1 saturated heterocycles. The molecule has 4 rings (SSSR count). The number of nitrogens with zero attached hydrogens (tertiary/aromatic N) is 1. The molecule has 0 radical (unpaired) electrons. The quantitative estimate of drug-likeness (QED) is 0.845. The zero-order chi connectivity index (χ0) is 17.9. The zero-order valence-corrected chi connectivity index (χ0v) is 15.2. The minimum Gasteiger partial charge on any atom is -0.468 e. The minimum atomic E-state index is -0.145. The number of rotatable bonds is 5. The van der Waals surface area contributed by atoms with Crippen LogP contribution in [0.4, 0.5) is 5.69 Å². The lowest BCUT2D eigenvalue weighted by Crippen LogP contribution is -2.36. The van der Waals surface area contributed by atoms with Gasteiger partial charge in [0.25, 0.3) is 5.91 Å². The molecule has 2 aliphatic rings. The number of carbonyl (C=O) groups is 2. The molecule has 0 bridgehead atoms. The van der Waals surface area contributed by atoms with Crippen LogP contribution in [0.15, 0.2) is 45.9 Å². The fourth-order valence-corrected chi connectivity index (χ4v) is 4.25. The summed E-state index contributed by atoms with van der Waals surface area (Å²) in [6.07, 6.45) is 4.02. The SMILES string of the molecule is O=C1CSc2ccc(C(=O)NC[C@H](c3ccco3)N3CCCC3)cc2N1. The van der Waals surface area contributed by atoms with Gasteiger partial charge >= 0.3 is 0 Å². The van der Waals surface area contributed by atoms with Gasteiger partial charge in [0.05, 0.1) is 23.7 Å². The van der Waals surface area contributed by atoms with Gasteiger partial charge < -0.3 is 15.1 Å². The summed E-state index contributed by atoms with van der Waals surface area (Å²) in [5, 5.41) is 5.85. The first-order chi connectivity index (χ1) is 12.7. The largest absolute Gasteiger partial charge is 0.468 e. The summed E-state index contributed by atoms with van der Waals surface area (Å²) in [5.74, 6) is 1.11. The molecule has 1 aromatic heterocycles. The van der Waals surface area contributed by atoms with E-state index in [9.17, 15) is 9.59 Å². The van der Waals surface area contributed by atoms with Crippen molar-refractivity contribution in [3.05, 3.63) is 47.9 Å². The standard InChI is InChI=1S/C19H21N3O3S/c23-18-12-26-17-6-5-13(10-14(17)21-18)19(24)20-11-15(16-4-3-9-25-16)22-7-1-2-8-22/h3-6,9-10,15H,1-2,7-8,11-12H2,(H,20,24)(H,21,23)/t15-/m1/s1. The summed E-state index contributed by atoms with van der Waals surface area (Å²) >= 11 is 1.49. The lowest BCUT2D eigenvalue weighted by molar-refractivity contribution is -0.113. The Bertz CT molecular complexity index is 800. The van der Waals surface area contributed by atoms with Crippen molar-refractivity contribution in [1.82, 2.24) is 10.2 Å². The van der Waals surface area contributed by atoms with E-state index in [0.29, 0.717) is 23.5 Å². The van der Waals surface area contributed by atoms with E-state index in [1.165, 1.54) is 24.6 Å². The Morgan fingerprint density at radius 2 is 2.15 bits per heavy atom. The van der Waals surface area contributed by atoms with Gasteiger partial charge in [0.1, 0.15) is 5.76 Å². The van der Waals surface area contributed by atoms with Gasteiger partial charge in [-0.25, -0.2) is 0 Å². The van der Waals surface area contributed by atoms with Crippen LogP contribution >= 0.6 is 11.8 Å². The Labute approximate surface area is 156 Å². The Kier molecular flexibility index (Phi) is 4.99. The number of nitrogens with one attached hydrogen (secondary N) is 2. The molecule has 0 unspecified atom stereocenters. The lowest BCUT2D eigenvalue weighted by atomic mass is 10.1. The van der Waals surface area contributed by atoms with E-state index in [1.54, 1.807) is 18.4 Å². The predicted octanol–water partition coefficient (Wildman–Crippen LogP) is 2.89. The van der Waals surface area contributed by atoms with Crippen molar-refractivity contribution in [1.29, 1.82) is 0 Å². The third-order valence-electron chi connectivity index (χ3n) is 4.78. The van der Waals surface area contributed by atoms with Crippen molar-refractivity contribution in [3.63, 3.8) is 0 Å². The van der Waals surface area contributed by atoms with Gasteiger partial charge in [-0.15, -0.1) is 11.8 Å². The molecule has 6 nitrogen and oxygen atoms in total. The highest BCUT2D eigenvalue weighted by molar-refractivity contribution is 8.00. The number of carbonyl (C=O) groups excluding carboxylic acids is 2. The number of benzene rings is 1. The maximum absolute atomic E-state index is 12.6. The van der Waals surface area contributed by atoms with E-state index >= 15 is 0 Å². The highest BCUT2D eigenvalue weighted by Gasteiger charge is 2.26. The monoisotopic (exact) mass is 371 g/mol. The van der Waals surface area contributed by atoms with E-state index in [4.69, 9.17) is 4.42 Å². The second-order valence-electron chi connectivity index (χ2n) is 6.53. The summed E-state index contributed by atoms with van der Waals surface area (Å²) in [7, 11) is 0. The van der Waals surface area contributed by atoms with Gasteiger partial charge in [-0.3, -0.25) is 14.5 Å². The fourth-order valence-electron chi connectivity index (χ4n) is 3.46. The second kappa shape index (κ2) is 7.55. The van der Waals surface area contributed by atoms with Gasteiger partial charge in [-0.2, -0.15) is 0 Å². The highest BCUT2D eigenvalue weighted by Crippen LogP contribution is 2.32. The fraction of sp³-hybridized carbons (Fsp3) is 0.368. The maximum atomic E-state index is 12.6. The number of fused-ring (bicyclic) bond motifs is 1. The van der Waals surface area contributed by atoms with Gasteiger partial charge in [0.15, 0.2) is 0 Å². The van der Waals surface area contributed by atoms with Crippen LogP contribution in [0.1, 0.15) is 35.0 Å². The molecule has 3 heterocycles. The van der Waals surface area contributed by atoms with Gasteiger partial charge in [0.2, 0.25) is 5.91 Å². The Hall–Kier alpha value is -2.25. The van der Waals surface area contributed by atoms with E-state index < -0.39 is 0 Å². The molecule has 0 spiro atoms. The minimum absolute atomic E-state index is 0.0352. The summed E-state index contributed by atoms with van der Waals surface area (Å²) in [6.45, 7) is 2.53. The van der Waals surface area contributed by atoms with Crippen molar-refractivity contribution in [3.8, 4) is 0 Å². The molecule has 1 aromatic carbocycles. The molecule has 0 saturated carbocycles. The van der Waals surface area contributed by atoms with Crippen LogP contribution in [0.3, 0.4) is 0 Å². The molecule has 136 valence electrons. The maximum Gasteiger partial charge on any atom is 0.251 e. The number of hydrogen-bond donors (Lipinski definition) is 2. The summed E-state index contributed by atoms with van der Waals surface area (Å²) in [5.41, 5.74) is 1.26. The third kappa shape index (κ3) is 3.64. The van der Waals surface area contributed by atoms with Crippen LogP contribution in [0.25, 0.3) is 0 Å². The number of likely N-dealkylation sites (tertiary alicyclic amines) is 1. The molecular formula is C19H21N3O3S. The lowest BCUT2D eigenvalue weighted by Gasteiger charge is -2.26. The van der Waals surface area contributed by atoms with Crippen LogP contribution in [0, 0.1) is 0 Å². The van der Waals surface area contributed by atoms with E-state index in [0.717, 1.165) is 23.7 Å². The van der Waals surface area contributed by atoms with Crippen LogP contribution in [0.5, 0.6) is 0 Å². The van der Waals surface area contributed by atoms with Crippen LogP contribution < -0.4 is 10.6 Å². The number of hydrogen-bond acceptors (Lipinski definition) is 5. The molecule has 1 fully saturated rings. The number of amides is 2. The molecule has 2 aliphatic heterocycles. The van der Waals surface area contributed by atoms with Crippen molar-refractivity contribution in [2.24, 2.45) is 0 Å². The topological polar surface area (TPSA) is 74.6 Å². The molecule has 2 N–H and O–H groups in total. The first kappa shape index (κ1) is 17.2. The van der Waals surface area contributed by atoms with Crippen LogP contribution in [-0.4, -0.2) is 42.1 Å². The number of anilines is 1. The van der Waals surface area contributed by atoms with Crippen LogP contribution in [-0.2, 0) is 4.79 Å². The number of thioether (sulfide) groups is 1. The Morgan fingerprint density at radius 1 is 1.31 bits per heavy atom. The number of furan rings is 1. The average molecular weight is 371 g/mol. The molecule has 2 aromatic rings.